The Morgan fingerprint density at radius 2 is 2.16 bits per heavy atom. The first-order valence-corrected chi connectivity index (χ1v) is 10.2. The van der Waals surface area contributed by atoms with E-state index in [2.05, 4.69) is 32.1 Å². The SMILES string of the molecule is CCN1C[C@H]2c3nc(NCc4ccccn4)ncc3CS(=O)(=O)[C@H]2C1. The van der Waals surface area contributed by atoms with Gasteiger partial charge >= 0.3 is 0 Å². The fourth-order valence-electron chi connectivity index (χ4n) is 3.67. The van der Waals surface area contributed by atoms with Crippen LogP contribution in [-0.2, 0) is 22.1 Å². The highest BCUT2D eigenvalue weighted by molar-refractivity contribution is 7.91. The Labute approximate surface area is 147 Å². The average Bonchev–Trinajstić information content (AvgIpc) is 3.07. The Hall–Kier alpha value is -2.06. The first kappa shape index (κ1) is 16.4. The maximum Gasteiger partial charge on any atom is 0.223 e. The van der Waals surface area contributed by atoms with E-state index in [4.69, 9.17) is 0 Å². The van der Waals surface area contributed by atoms with E-state index in [0.29, 0.717) is 19.0 Å². The number of fused-ring (bicyclic) bond motifs is 3. The number of hydrogen-bond donors (Lipinski definition) is 1. The minimum atomic E-state index is -3.14. The van der Waals surface area contributed by atoms with Gasteiger partial charge in [0.15, 0.2) is 9.84 Å². The summed E-state index contributed by atoms with van der Waals surface area (Å²) in [5.74, 6) is 0.506. The van der Waals surface area contributed by atoms with Crippen LogP contribution in [0.3, 0.4) is 0 Å². The van der Waals surface area contributed by atoms with Crippen LogP contribution in [0, 0.1) is 0 Å². The van der Waals surface area contributed by atoms with E-state index < -0.39 is 9.84 Å². The number of anilines is 1. The Bertz CT molecular complexity index is 872. The van der Waals surface area contributed by atoms with Crippen LogP contribution in [0.2, 0.25) is 0 Å². The Kier molecular flexibility index (Phi) is 4.16. The van der Waals surface area contributed by atoms with Crippen LogP contribution in [0.4, 0.5) is 5.95 Å². The van der Waals surface area contributed by atoms with Crippen LogP contribution < -0.4 is 5.32 Å². The summed E-state index contributed by atoms with van der Waals surface area (Å²) < 4.78 is 25.2. The molecule has 2 aliphatic heterocycles. The van der Waals surface area contributed by atoms with Gasteiger partial charge in [-0.1, -0.05) is 13.0 Å². The predicted molar refractivity (Wildman–Crippen MR) is 94.9 cm³/mol. The zero-order valence-electron chi connectivity index (χ0n) is 14.1. The van der Waals surface area contributed by atoms with Crippen molar-refractivity contribution in [1.82, 2.24) is 19.9 Å². The number of hydrogen-bond acceptors (Lipinski definition) is 7. The Morgan fingerprint density at radius 1 is 1.28 bits per heavy atom. The molecular weight excluding hydrogens is 338 g/mol. The van der Waals surface area contributed by atoms with Crippen molar-refractivity contribution in [2.75, 3.05) is 25.0 Å². The number of nitrogens with zero attached hydrogens (tertiary/aromatic N) is 4. The molecule has 132 valence electrons. The monoisotopic (exact) mass is 359 g/mol. The van der Waals surface area contributed by atoms with Crippen LogP contribution in [0.1, 0.15) is 29.8 Å². The third-order valence-corrected chi connectivity index (χ3v) is 7.12. The average molecular weight is 359 g/mol. The summed E-state index contributed by atoms with van der Waals surface area (Å²) >= 11 is 0. The molecule has 0 amide bonds. The van der Waals surface area contributed by atoms with E-state index in [1.165, 1.54) is 0 Å². The number of sulfone groups is 1. The highest BCUT2D eigenvalue weighted by Gasteiger charge is 2.46. The minimum Gasteiger partial charge on any atom is -0.349 e. The van der Waals surface area contributed by atoms with Crippen molar-refractivity contribution in [3.05, 3.63) is 47.5 Å². The number of likely N-dealkylation sites (N-methyl/N-ethyl adjacent to an activating group) is 1. The van der Waals surface area contributed by atoms with Gasteiger partial charge in [-0.25, -0.2) is 18.4 Å². The lowest BCUT2D eigenvalue weighted by Crippen LogP contribution is -2.35. The molecule has 0 aromatic carbocycles. The zero-order chi connectivity index (χ0) is 17.4. The van der Waals surface area contributed by atoms with Crippen LogP contribution in [0.25, 0.3) is 0 Å². The number of nitrogens with one attached hydrogen (secondary N) is 1. The van der Waals surface area contributed by atoms with Crippen LogP contribution >= 0.6 is 0 Å². The summed E-state index contributed by atoms with van der Waals surface area (Å²) in [7, 11) is -3.14. The summed E-state index contributed by atoms with van der Waals surface area (Å²) in [4.78, 5) is 15.4. The molecule has 0 bridgehead atoms. The molecular formula is C17H21N5O2S. The van der Waals surface area contributed by atoms with Crippen molar-refractivity contribution < 1.29 is 8.42 Å². The molecule has 0 spiro atoms. The minimum absolute atomic E-state index is 0.0432. The Balaban J connectivity index is 1.60. The normalized spacial score (nSPS) is 24.5. The van der Waals surface area contributed by atoms with Crippen LogP contribution in [-0.4, -0.2) is 53.2 Å². The summed E-state index contributed by atoms with van der Waals surface area (Å²) in [5, 5.41) is 2.84. The first-order valence-electron chi connectivity index (χ1n) is 8.50. The summed E-state index contributed by atoms with van der Waals surface area (Å²) in [5.41, 5.74) is 2.53. The maximum absolute atomic E-state index is 12.6. The molecule has 4 heterocycles. The molecule has 0 unspecified atom stereocenters. The van der Waals surface area contributed by atoms with Gasteiger partial charge in [0.2, 0.25) is 5.95 Å². The van der Waals surface area contributed by atoms with Crippen molar-refractivity contribution >= 4 is 15.8 Å². The molecule has 2 aromatic heterocycles. The van der Waals surface area contributed by atoms with Gasteiger partial charge in [-0.3, -0.25) is 4.98 Å². The number of likely N-dealkylation sites (tertiary alicyclic amines) is 1. The topological polar surface area (TPSA) is 88.1 Å². The maximum atomic E-state index is 12.6. The number of aromatic nitrogens is 3. The number of pyridine rings is 1. The van der Waals surface area contributed by atoms with E-state index in [1.54, 1.807) is 12.4 Å². The van der Waals surface area contributed by atoms with E-state index in [9.17, 15) is 8.42 Å². The standard InChI is InChI=1S/C17H21N5O2S/c1-2-22-9-14-15(10-22)25(23,24)11-12-7-19-17(21-16(12)14)20-8-13-5-3-4-6-18-13/h3-7,14-15H,2,8-11H2,1H3,(H,19,20,21)/t14-,15+/m1/s1. The fraction of sp³-hybridized carbons (Fsp3) is 0.471. The molecule has 1 saturated heterocycles. The smallest absolute Gasteiger partial charge is 0.223 e. The molecule has 0 aliphatic carbocycles. The summed E-state index contributed by atoms with van der Waals surface area (Å²) in [6.07, 6.45) is 3.41. The van der Waals surface area contributed by atoms with E-state index in [-0.39, 0.29) is 16.9 Å². The lowest BCUT2D eigenvalue weighted by atomic mass is 10.00. The molecule has 25 heavy (non-hydrogen) atoms. The van der Waals surface area contributed by atoms with E-state index >= 15 is 0 Å². The predicted octanol–water partition coefficient (Wildman–Crippen LogP) is 1.20. The summed E-state index contributed by atoms with van der Waals surface area (Å²) in [6, 6.07) is 5.74. The second kappa shape index (κ2) is 6.34. The van der Waals surface area contributed by atoms with Gasteiger partial charge in [0.25, 0.3) is 0 Å². The van der Waals surface area contributed by atoms with Crippen molar-refractivity contribution in [3.8, 4) is 0 Å². The first-order chi connectivity index (χ1) is 12.1. The molecule has 2 aliphatic rings. The van der Waals surface area contributed by atoms with E-state index in [0.717, 1.165) is 30.0 Å². The van der Waals surface area contributed by atoms with Gasteiger partial charge in [-0.2, -0.15) is 0 Å². The zero-order valence-corrected chi connectivity index (χ0v) is 14.9. The van der Waals surface area contributed by atoms with Gasteiger partial charge in [-0.05, 0) is 18.7 Å². The van der Waals surface area contributed by atoms with Gasteiger partial charge in [0, 0.05) is 37.0 Å². The Morgan fingerprint density at radius 3 is 2.92 bits per heavy atom. The second-order valence-corrected chi connectivity index (χ2v) is 8.80. The molecule has 0 radical (unpaired) electrons. The molecule has 0 saturated carbocycles. The molecule has 2 atom stereocenters. The summed E-state index contributed by atoms with van der Waals surface area (Å²) in [6.45, 7) is 4.79. The molecule has 7 nitrogen and oxygen atoms in total. The molecule has 2 aromatic rings. The third-order valence-electron chi connectivity index (χ3n) is 5.01. The van der Waals surface area contributed by atoms with Crippen molar-refractivity contribution in [1.29, 1.82) is 0 Å². The van der Waals surface area contributed by atoms with Crippen LogP contribution in [0.5, 0.6) is 0 Å². The van der Waals surface area contributed by atoms with Crippen molar-refractivity contribution in [3.63, 3.8) is 0 Å². The molecule has 1 N–H and O–H groups in total. The number of rotatable bonds is 4. The molecule has 8 heteroatoms. The molecule has 4 rings (SSSR count). The second-order valence-electron chi connectivity index (χ2n) is 6.58. The van der Waals surface area contributed by atoms with Gasteiger partial charge in [0.05, 0.1) is 28.9 Å². The fourth-order valence-corrected chi connectivity index (χ4v) is 5.69. The highest BCUT2D eigenvalue weighted by Crippen LogP contribution is 2.39. The van der Waals surface area contributed by atoms with Gasteiger partial charge in [-0.15, -0.1) is 0 Å². The van der Waals surface area contributed by atoms with Gasteiger partial charge < -0.3 is 10.2 Å². The van der Waals surface area contributed by atoms with Gasteiger partial charge in [0.1, 0.15) is 0 Å². The van der Waals surface area contributed by atoms with Crippen LogP contribution in [0.15, 0.2) is 30.6 Å². The third kappa shape index (κ3) is 3.11. The van der Waals surface area contributed by atoms with Crippen molar-refractivity contribution in [2.45, 2.75) is 30.4 Å². The highest BCUT2D eigenvalue weighted by atomic mass is 32.2. The van der Waals surface area contributed by atoms with E-state index in [1.807, 2.05) is 18.2 Å². The lowest BCUT2D eigenvalue weighted by Gasteiger charge is -2.26. The quantitative estimate of drug-likeness (QED) is 0.877. The largest absolute Gasteiger partial charge is 0.349 e. The van der Waals surface area contributed by atoms with Crippen molar-refractivity contribution in [2.24, 2.45) is 0 Å². The lowest BCUT2D eigenvalue weighted by molar-refractivity contribution is 0.353. The molecule has 1 fully saturated rings.